The van der Waals surface area contributed by atoms with Gasteiger partial charge in [0.05, 0.1) is 6.10 Å². The molecular formula is C15H23NO. The highest BCUT2D eigenvalue weighted by molar-refractivity contribution is 5.25. The Balaban J connectivity index is 2.24. The van der Waals surface area contributed by atoms with Crippen molar-refractivity contribution in [1.29, 1.82) is 0 Å². The van der Waals surface area contributed by atoms with Gasteiger partial charge in [0.2, 0.25) is 0 Å². The highest BCUT2D eigenvalue weighted by Crippen LogP contribution is 2.45. The molecule has 0 aromatic heterocycles. The van der Waals surface area contributed by atoms with E-state index >= 15 is 0 Å². The van der Waals surface area contributed by atoms with Crippen molar-refractivity contribution in [2.75, 3.05) is 6.54 Å². The van der Waals surface area contributed by atoms with Crippen LogP contribution >= 0.6 is 0 Å². The van der Waals surface area contributed by atoms with Crippen LogP contribution in [-0.4, -0.2) is 11.7 Å². The number of benzene rings is 1. The number of hydrogen-bond acceptors (Lipinski definition) is 2. The number of hydrogen-bond donors (Lipinski definition) is 2. The van der Waals surface area contributed by atoms with Crippen LogP contribution in [0.25, 0.3) is 0 Å². The lowest BCUT2D eigenvalue weighted by Gasteiger charge is -2.40. The summed E-state index contributed by atoms with van der Waals surface area (Å²) in [6.07, 6.45) is 5.37. The molecule has 0 bridgehead atoms. The zero-order chi connectivity index (χ0) is 12.3. The molecule has 1 aliphatic carbocycles. The molecule has 0 aliphatic heterocycles. The molecular weight excluding hydrogens is 210 g/mol. The lowest BCUT2D eigenvalue weighted by molar-refractivity contribution is 0.000666. The summed E-state index contributed by atoms with van der Waals surface area (Å²) >= 11 is 0. The molecule has 1 aromatic carbocycles. The summed E-state index contributed by atoms with van der Waals surface area (Å²) in [5.74, 6) is 0. The van der Waals surface area contributed by atoms with E-state index in [1.807, 2.05) is 12.1 Å². The van der Waals surface area contributed by atoms with Crippen LogP contribution in [0.1, 0.15) is 49.3 Å². The number of aliphatic hydroxyl groups excluding tert-OH is 1. The topological polar surface area (TPSA) is 46.2 Å². The van der Waals surface area contributed by atoms with Crippen LogP contribution in [-0.2, 0) is 0 Å². The standard InChI is InChI=1S/C15H23NO/c1-12-6-5-7-13(10-12)14(17)15(11-16)8-3-2-4-9-15/h5-7,10,14,17H,2-4,8-9,11,16H2,1H3. The minimum absolute atomic E-state index is 0.0912. The van der Waals surface area contributed by atoms with Gasteiger partial charge in [-0.15, -0.1) is 0 Å². The maximum atomic E-state index is 10.6. The fourth-order valence-electron chi connectivity index (χ4n) is 3.04. The molecule has 0 radical (unpaired) electrons. The van der Waals surface area contributed by atoms with Gasteiger partial charge in [0.15, 0.2) is 0 Å². The Bertz CT molecular complexity index is 369. The number of aryl methyl sites for hydroxylation is 1. The number of aliphatic hydroxyl groups is 1. The summed E-state index contributed by atoms with van der Waals surface area (Å²) in [6.45, 7) is 2.65. The van der Waals surface area contributed by atoms with Crippen LogP contribution in [0.5, 0.6) is 0 Å². The lowest BCUT2D eigenvalue weighted by atomic mass is 9.68. The molecule has 2 heteroatoms. The first kappa shape index (κ1) is 12.6. The van der Waals surface area contributed by atoms with Gasteiger partial charge < -0.3 is 10.8 Å². The molecule has 94 valence electrons. The molecule has 3 N–H and O–H groups in total. The average Bonchev–Trinajstić information content (AvgIpc) is 2.38. The minimum atomic E-state index is -0.410. The molecule has 1 atom stereocenters. The van der Waals surface area contributed by atoms with Gasteiger partial charge in [-0.2, -0.15) is 0 Å². The van der Waals surface area contributed by atoms with E-state index in [4.69, 9.17) is 5.73 Å². The zero-order valence-corrected chi connectivity index (χ0v) is 10.7. The van der Waals surface area contributed by atoms with E-state index in [0.717, 1.165) is 18.4 Å². The average molecular weight is 233 g/mol. The maximum Gasteiger partial charge on any atom is 0.0858 e. The molecule has 1 saturated carbocycles. The van der Waals surface area contributed by atoms with Crippen molar-refractivity contribution in [3.05, 3.63) is 35.4 Å². The summed E-state index contributed by atoms with van der Waals surface area (Å²) in [6, 6.07) is 8.17. The van der Waals surface area contributed by atoms with Crippen LogP contribution in [0.2, 0.25) is 0 Å². The molecule has 2 nitrogen and oxygen atoms in total. The van der Waals surface area contributed by atoms with Crippen molar-refractivity contribution >= 4 is 0 Å². The van der Waals surface area contributed by atoms with Crippen molar-refractivity contribution in [2.45, 2.75) is 45.1 Å². The van der Waals surface area contributed by atoms with E-state index in [-0.39, 0.29) is 5.41 Å². The van der Waals surface area contributed by atoms with Gasteiger partial charge in [-0.05, 0) is 25.3 Å². The Kier molecular flexibility index (Phi) is 3.85. The van der Waals surface area contributed by atoms with Gasteiger partial charge in [0.1, 0.15) is 0 Å². The van der Waals surface area contributed by atoms with Gasteiger partial charge in [-0.1, -0.05) is 49.1 Å². The predicted molar refractivity (Wildman–Crippen MR) is 70.7 cm³/mol. The highest BCUT2D eigenvalue weighted by atomic mass is 16.3. The molecule has 2 rings (SSSR count). The van der Waals surface area contributed by atoms with Gasteiger partial charge >= 0.3 is 0 Å². The third-order valence-corrected chi connectivity index (χ3v) is 4.19. The Hall–Kier alpha value is -0.860. The first-order valence-electron chi connectivity index (χ1n) is 6.63. The molecule has 0 saturated heterocycles. The third-order valence-electron chi connectivity index (χ3n) is 4.19. The van der Waals surface area contributed by atoms with Crippen molar-refractivity contribution in [3.8, 4) is 0 Å². The maximum absolute atomic E-state index is 10.6. The van der Waals surface area contributed by atoms with E-state index in [1.165, 1.54) is 24.8 Å². The van der Waals surface area contributed by atoms with E-state index in [9.17, 15) is 5.11 Å². The summed E-state index contributed by atoms with van der Waals surface area (Å²) in [5.41, 5.74) is 8.09. The molecule has 0 amide bonds. The Labute approximate surface area is 104 Å². The van der Waals surface area contributed by atoms with Crippen molar-refractivity contribution in [1.82, 2.24) is 0 Å². The van der Waals surface area contributed by atoms with Crippen LogP contribution < -0.4 is 5.73 Å². The monoisotopic (exact) mass is 233 g/mol. The summed E-state index contributed by atoms with van der Waals surface area (Å²) < 4.78 is 0. The zero-order valence-electron chi connectivity index (χ0n) is 10.7. The van der Waals surface area contributed by atoms with Crippen LogP contribution in [0.3, 0.4) is 0 Å². The van der Waals surface area contributed by atoms with Crippen LogP contribution in [0.4, 0.5) is 0 Å². The quantitative estimate of drug-likeness (QED) is 0.843. The molecule has 17 heavy (non-hydrogen) atoms. The Morgan fingerprint density at radius 1 is 1.29 bits per heavy atom. The molecule has 1 aliphatic rings. The summed E-state index contributed by atoms with van der Waals surface area (Å²) in [7, 11) is 0. The van der Waals surface area contributed by atoms with Gasteiger partial charge in [0.25, 0.3) is 0 Å². The summed E-state index contributed by atoms with van der Waals surface area (Å²) in [4.78, 5) is 0. The summed E-state index contributed by atoms with van der Waals surface area (Å²) in [5, 5.41) is 10.6. The number of rotatable bonds is 3. The lowest BCUT2D eigenvalue weighted by Crippen LogP contribution is -2.38. The first-order chi connectivity index (χ1) is 8.18. The van der Waals surface area contributed by atoms with Gasteiger partial charge in [0, 0.05) is 12.0 Å². The Morgan fingerprint density at radius 3 is 2.59 bits per heavy atom. The molecule has 0 heterocycles. The second-order valence-electron chi connectivity index (χ2n) is 5.44. The van der Waals surface area contributed by atoms with E-state index < -0.39 is 6.10 Å². The number of nitrogens with two attached hydrogens (primary N) is 1. The molecule has 0 spiro atoms. The second-order valence-corrected chi connectivity index (χ2v) is 5.44. The second kappa shape index (κ2) is 5.19. The predicted octanol–water partition coefficient (Wildman–Crippen LogP) is 2.94. The van der Waals surface area contributed by atoms with E-state index in [0.29, 0.717) is 6.54 Å². The fraction of sp³-hybridized carbons (Fsp3) is 0.600. The molecule has 1 unspecified atom stereocenters. The van der Waals surface area contributed by atoms with Crippen molar-refractivity contribution in [2.24, 2.45) is 11.1 Å². The highest BCUT2D eigenvalue weighted by Gasteiger charge is 2.38. The smallest absolute Gasteiger partial charge is 0.0858 e. The molecule has 1 aromatic rings. The SMILES string of the molecule is Cc1cccc(C(O)C2(CN)CCCCC2)c1. The van der Waals surface area contributed by atoms with Crippen molar-refractivity contribution < 1.29 is 5.11 Å². The largest absolute Gasteiger partial charge is 0.388 e. The van der Waals surface area contributed by atoms with Gasteiger partial charge in [-0.25, -0.2) is 0 Å². The third kappa shape index (κ3) is 2.53. The van der Waals surface area contributed by atoms with E-state index in [1.54, 1.807) is 0 Å². The van der Waals surface area contributed by atoms with Gasteiger partial charge in [-0.3, -0.25) is 0 Å². The van der Waals surface area contributed by atoms with Crippen LogP contribution in [0, 0.1) is 12.3 Å². The van der Waals surface area contributed by atoms with Crippen LogP contribution in [0.15, 0.2) is 24.3 Å². The fourth-order valence-corrected chi connectivity index (χ4v) is 3.04. The first-order valence-corrected chi connectivity index (χ1v) is 6.63. The Morgan fingerprint density at radius 2 is 2.00 bits per heavy atom. The molecule has 1 fully saturated rings. The minimum Gasteiger partial charge on any atom is -0.388 e. The van der Waals surface area contributed by atoms with Crippen molar-refractivity contribution in [3.63, 3.8) is 0 Å². The van der Waals surface area contributed by atoms with E-state index in [2.05, 4.69) is 19.1 Å². The normalized spacial score (nSPS) is 21.1.